The number of hydrogen-bond donors (Lipinski definition) is 3. The fourth-order valence-electron chi connectivity index (χ4n) is 4.12. The van der Waals surface area contributed by atoms with Gasteiger partial charge in [-0.05, 0) is 43.9 Å². The van der Waals surface area contributed by atoms with Crippen molar-refractivity contribution in [2.24, 2.45) is 0 Å². The molecule has 1 heterocycles. The van der Waals surface area contributed by atoms with Gasteiger partial charge in [0.05, 0.1) is 17.1 Å². The maximum Gasteiger partial charge on any atom is 0.231 e. The van der Waals surface area contributed by atoms with Gasteiger partial charge in [0.1, 0.15) is 0 Å². The lowest BCUT2D eigenvalue weighted by Crippen LogP contribution is -2.62. The highest BCUT2D eigenvalue weighted by atomic mass is 35.5. The van der Waals surface area contributed by atoms with Crippen LogP contribution in [0.15, 0.2) is 54.6 Å². The molecule has 0 unspecified atom stereocenters. The van der Waals surface area contributed by atoms with Crippen LogP contribution in [0.25, 0.3) is 0 Å². The Morgan fingerprint density at radius 3 is 2.30 bits per heavy atom. The van der Waals surface area contributed by atoms with Crippen molar-refractivity contribution in [1.82, 2.24) is 10.6 Å². The third-order valence-corrected chi connectivity index (χ3v) is 6.02. The minimum absolute atomic E-state index is 0. The number of aliphatic hydroxyl groups is 1. The zero-order valence-corrected chi connectivity index (χ0v) is 16.4. The Bertz CT molecular complexity index is 790. The quantitative estimate of drug-likeness (QED) is 0.757. The van der Waals surface area contributed by atoms with E-state index in [1.165, 1.54) is 5.56 Å². The van der Waals surface area contributed by atoms with Gasteiger partial charge in [-0.3, -0.25) is 4.79 Å². The molecule has 0 aromatic heterocycles. The van der Waals surface area contributed by atoms with Crippen molar-refractivity contribution in [2.45, 2.75) is 43.2 Å². The van der Waals surface area contributed by atoms with Gasteiger partial charge in [0.15, 0.2) is 0 Å². The van der Waals surface area contributed by atoms with Crippen molar-refractivity contribution in [3.63, 3.8) is 0 Å². The Kier molecular flexibility index (Phi) is 5.61. The van der Waals surface area contributed by atoms with Crippen molar-refractivity contribution in [2.75, 3.05) is 13.1 Å². The molecule has 5 heteroatoms. The van der Waals surface area contributed by atoms with Crippen molar-refractivity contribution in [3.8, 4) is 0 Å². The summed E-state index contributed by atoms with van der Waals surface area (Å²) in [5.74, 6) is 0.0335. The molecule has 2 fully saturated rings. The molecule has 4 rings (SSSR count). The number of piperidine rings is 1. The normalized spacial score (nSPS) is 25.9. The number of halogens is 1. The van der Waals surface area contributed by atoms with E-state index in [-0.39, 0.29) is 18.3 Å². The first-order valence-corrected chi connectivity index (χ1v) is 9.41. The van der Waals surface area contributed by atoms with E-state index in [2.05, 4.69) is 41.8 Å². The molecule has 1 saturated carbocycles. The van der Waals surface area contributed by atoms with Gasteiger partial charge in [-0.25, -0.2) is 0 Å². The molecule has 1 amide bonds. The molecule has 0 radical (unpaired) electrons. The Hall–Kier alpha value is -1.88. The Labute approximate surface area is 166 Å². The van der Waals surface area contributed by atoms with Gasteiger partial charge in [-0.1, -0.05) is 60.2 Å². The molecule has 2 aliphatic rings. The van der Waals surface area contributed by atoms with Crippen molar-refractivity contribution in [3.05, 3.63) is 71.3 Å². The highest BCUT2D eigenvalue weighted by Crippen LogP contribution is 2.49. The number of amides is 1. The van der Waals surface area contributed by atoms with E-state index in [1.807, 2.05) is 30.3 Å². The molecule has 2 atom stereocenters. The summed E-state index contributed by atoms with van der Waals surface area (Å²) in [6.07, 6.45) is 1.74. The summed E-state index contributed by atoms with van der Waals surface area (Å²) in [6.45, 7) is 3.30. The fourth-order valence-corrected chi connectivity index (χ4v) is 4.12. The number of carbonyl (C=O) groups excluding carboxylic acids is 1. The maximum absolute atomic E-state index is 13.4. The maximum atomic E-state index is 13.4. The number of hydrogen-bond acceptors (Lipinski definition) is 3. The number of rotatable bonds is 4. The van der Waals surface area contributed by atoms with Crippen LogP contribution in [-0.4, -0.2) is 30.2 Å². The molecular formula is C22H27ClN2O2. The van der Waals surface area contributed by atoms with Crippen LogP contribution in [0.1, 0.15) is 36.0 Å². The number of nitrogens with one attached hydrogen (secondary N) is 2. The molecule has 4 nitrogen and oxygen atoms in total. The van der Waals surface area contributed by atoms with Gasteiger partial charge in [0.25, 0.3) is 0 Å². The Morgan fingerprint density at radius 1 is 1.04 bits per heavy atom. The first kappa shape index (κ1) is 19.9. The standard InChI is InChI=1S/C22H26N2O2.ClH/c1-16-7-9-17(10-8-16)21(11-12-21)20(26)24-22(13-14-23-15-19(22)25)18-5-3-2-4-6-18;/h2-10,19,23,25H,11-15H2,1H3,(H,24,26);1H/t19-,22+;/m1./s1. The summed E-state index contributed by atoms with van der Waals surface area (Å²) >= 11 is 0. The number of β-amino-alcohol motifs (C(OH)–C–C–N with tert-alkyl or cyclic N) is 1. The summed E-state index contributed by atoms with van der Waals surface area (Å²) in [5, 5.41) is 17.3. The molecule has 0 bridgehead atoms. The summed E-state index contributed by atoms with van der Waals surface area (Å²) < 4.78 is 0. The first-order chi connectivity index (χ1) is 12.6. The van der Waals surface area contributed by atoms with Gasteiger partial charge in [-0.2, -0.15) is 0 Å². The summed E-state index contributed by atoms with van der Waals surface area (Å²) in [7, 11) is 0. The van der Waals surface area contributed by atoms with Crippen LogP contribution in [0.5, 0.6) is 0 Å². The summed E-state index contributed by atoms with van der Waals surface area (Å²) in [4.78, 5) is 13.4. The predicted octanol–water partition coefficient (Wildman–Crippen LogP) is 2.81. The third kappa shape index (κ3) is 3.49. The van der Waals surface area contributed by atoms with Crippen LogP contribution in [0.2, 0.25) is 0 Å². The number of carbonyl (C=O) groups is 1. The number of benzene rings is 2. The van der Waals surface area contributed by atoms with E-state index in [4.69, 9.17) is 0 Å². The molecule has 2 aromatic rings. The number of aliphatic hydroxyl groups excluding tert-OH is 1. The average Bonchev–Trinajstić information content (AvgIpc) is 3.47. The van der Waals surface area contributed by atoms with E-state index in [9.17, 15) is 9.90 Å². The number of aryl methyl sites for hydroxylation is 1. The van der Waals surface area contributed by atoms with Crippen LogP contribution < -0.4 is 10.6 Å². The average molecular weight is 387 g/mol. The minimum atomic E-state index is -0.732. The van der Waals surface area contributed by atoms with Crippen LogP contribution in [0.3, 0.4) is 0 Å². The molecule has 3 N–H and O–H groups in total. The van der Waals surface area contributed by atoms with E-state index < -0.39 is 17.1 Å². The second kappa shape index (κ2) is 7.63. The molecule has 2 aromatic carbocycles. The summed E-state index contributed by atoms with van der Waals surface area (Å²) in [5.41, 5.74) is 2.07. The fraction of sp³-hybridized carbons (Fsp3) is 0.409. The molecular weight excluding hydrogens is 360 g/mol. The zero-order chi connectivity index (χ0) is 18.2. The highest BCUT2D eigenvalue weighted by molar-refractivity contribution is 5.92. The molecule has 1 saturated heterocycles. The topological polar surface area (TPSA) is 61.4 Å². The lowest BCUT2D eigenvalue weighted by Gasteiger charge is -2.43. The van der Waals surface area contributed by atoms with E-state index in [0.29, 0.717) is 13.0 Å². The molecule has 144 valence electrons. The van der Waals surface area contributed by atoms with Crippen LogP contribution >= 0.6 is 12.4 Å². The monoisotopic (exact) mass is 386 g/mol. The first-order valence-electron chi connectivity index (χ1n) is 9.41. The van der Waals surface area contributed by atoms with Crippen molar-refractivity contribution < 1.29 is 9.90 Å². The Morgan fingerprint density at radius 2 is 1.70 bits per heavy atom. The SMILES string of the molecule is Cc1ccc(C2(C(=O)N[C@]3(c4ccccc4)CCNC[C@H]3O)CC2)cc1.Cl. The molecule has 1 aliphatic heterocycles. The van der Waals surface area contributed by atoms with E-state index in [0.717, 1.165) is 30.5 Å². The van der Waals surface area contributed by atoms with Gasteiger partial charge >= 0.3 is 0 Å². The Balaban J connectivity index is 0.00000210. The van der Waals surface area contributed by atoms with Gasteiger partial charge in [0.2, 0.25) is 5.91 Å². The minimum Gasteiger partial charge on any atom is -0.389 e. The molecule has 1 aliphatic carbocycles. The summed E-state index contributed by atoms with van der Waals surface area (Å²) in [6, 6.07) is 18.1. The largest absolute Gasteiger partial charge is 0.389 e. The molecule has 27 heavy (non-hydrogen) atoms. The lowest BCUT2D eigenvalue weighted by atomic mass is 9.78. The second-order valence-electron chi connectivity index (χ2n) is 7.71. The molecule has 0 spiro atoms. The highest BCUT2D eigenvalue weighted by Gasteiger charge is 2.54. The van der Waals surface area contributed by atoms with E-state index in [1.54, 1.807) is 0 Å². The van der Waals surface area contributed by atoms with Gasteiger partial charge in [0, 0.05) is 6.54 Å². The predicted molar refractivity (Wildman–Crippen MR) is 109 cm³/mol. The second-order valence-corrected chi connectivity index (χ2v) is 7.71. The van der Waals surface area contributed by atoms with Gasteiger partial charge in [-0.15, -0.1) is 12.4 Å². The van der Waals surface area contributed by atoms with Crippen LogP contribution in [-0.2, 0) is 15.7 Å². The third-order valence-electron chi connectivity index (χ3n) is 6.02. The lowest BCUT2D eigenvalue weighted by molar-refractivity contribution is -0.128. The van der Waals surface area contributed by atoms with Gasteiger partial charge < -0.3 is 15.7 Å². The smallest absolute Gasteiger partial charge is 0.231 e. The van der Waals surface area contributed by atoms with Crippen molar-refractivity contribution >= 4 is 18.3 Å². The van der Waals surface area contributed by atoms with Crippen LogP contribution in [0, 0.1) is 6.92 Å². The van der Waals surface area contributed by atoms with Crippen molar-refractivity contribution in [1.29, 1.82) is 0 Å². The zero-order valence-electron chi connectivity index (χ0n) is 15.6. The van der Waals surface area contributed by atoms with E-state index >= 15 is 0 Å². The van der Waals surface area contributed by atoms with Crippen LogP contribution in [0.4, 0.5) is 0 Å².